The van der Waals surface area contributed by atoms with Gasteiger partial charge in [0, 0.05) is 17.5 Å². The predicted molar refractivity (Wildman–Crippen MR) is 94.6 cm³/mol. The first-order chi connectivity index (χ1) is 11.8. The van der Waals surface area contributed by atoms with E-state index in [0.717, 1.165) is 4.90 Å². The van der Waals surface area contributed by atoms with Crippen LogP contribution in [0.5, 0.6) is 0 Å². The molecule has 138 valence electrons. The molecule has 1 heterocycles. The number of rotatable bonds is 7. The highest BCUT2D eigenvalue weighted by Gasteiger charge is 2.29. The van der Waals surface area contributed by atoms with Crippen molar-refractivity contribution in [3.05, 3.63) is 30.1 Å². The van der Waals surface area contributed by atoms with E-state index in [9.17, 15) is 22.4 Å². The highest BCUT2D eigenvalue weighted by molar-refractivity contribution is 8.00. The second-order valence-electron chi connectivity index (χ2n) is 5.82. The third-order valence-corrected chi connectivity index (χ3v) is 6.61. The zero-order valence-electron chi connectivity index (χ0n) is 13.9. The van der Waals surface area contributed by atoms with Gasteiger partial charge in [-0.25, -0.2) is 12.8 Å². The topological polar surface area (TPSA) is 83.6 Å². The second kappa shape index (κ2) is 8.66. The lowest BCUT2D eigenvalue weighted by molar-refractivity contribution is -0.134. The van der Waals surface area contributed by atoms with Crippen LogP contribution in [0.25, 0.3) is 0 Å². The van der Waals surface area contributed by atoms with Crippen molar-refractivity contribution in [2.45, 2.75) is 24.3 Å². The van der Waals surface area contributed by atoms with Crippen molar-refractivity contribution < 1.29 is 22.4 Å². The maximum Gasteiger partial charge on any atom is 0.239 e. The minimum absolute atomic E-state index is 0.0424. The van der Waals surface area contributed by atoms with E-state index in [1.54, 1.807) is 19.1 Å². The highest BCUT2D eigenvalue weighted by atomic mass is 32.2. The molecule has 0 saturated carbocycles. The van der Waals surface area contributed by atoms with E-state index in [1.807, 2.05) is 0 Å². The van der Waals surface area contributed by atoms with Crippen LogP contribution >= 0.6 is 11.8 Å². The Morgan fingerprint density at radius 1 is 1.32 bits per heavy atom. The molecule has 0 spiro atoms. The van der Waals surface area contributed by atoms with Gasteiger partial charge in [-0.2, -0.15) is 0 Å². The lowest BCUT2D eigenvalue weighted by atomic mass is 10.2. The van der Waals surface area contributed by atoms with Crippen LogP contribution in [0.4, 0.5) is 4.39 Å². The number of sulfone groups is 1. The lowest BCUT2D eigenvalue weighted by Crippen LogP contribution is -2.45. The zero-order chi connectivity index (χ0) is 18.4. The summed E-state index contributed by atoms with van der Waals surface area (Å²) in [5, 5.41) is 2.67. The van der Waals surface area contributed by atoms with E-state index >= 15 is 0 Å². The summed E-state index contributed by atoms with van der Waals surface area (Å²) < 4.78 is 35.7. The normalized spacial score (nSPS) is 18.7. The smallest absolute Gasteiger partial charge is 0.239 e. The Morgan fingerprint density at radius 3 is 2.56 bits per heavy atom. The minimum Gasteiger partial charge on any atom is -0.351 e. The monoisotopic (exact) mass is 388 g/mol. The molecule has 6 nitrogen and oxygen atoms in total. The largest absolute Gasteiger partial charge is 0.351 e. The van der Waals surface area contributed by atoms with Crippen molar-refractivity contribution in [2.24, 2.45) is 0 Å². The highest BCUT2D eigenvalue weighted by Crippen LogP contribution is 2.18. The van der Waals surface area contributed by atoms with Crippen LogP contribution in [-0.2, 0) is 19.4 Å². The van der Waals surface area contributed by atoms with Gasteiger partial charge in [-0.1, -0.05) is 0 Å². The number of hydrogen-bond acceptors (Lipinski definition) is 5. The summed E-state index contributed by atoms with van der Waals surface area (Å²) in [5.41, 5.74) is 0. The van der Waals surface area contributed by atoms with E-state index in [0.29, 0.717) is 13.0 Å². The average molecular weight is 388 g/mol. The molecule has 2 amide bonds. The molecular formula is C16H21FN2O4S2. The van der Waals surface area contributed by atoms with Crippen LogP contribution in [0, 0.1) is 5.82 Å². The van der Waals surface area contributed by atoms with Crippen molar-refractivity contribution >= 4 is 33.4 Å². The van der Waals surface area contributed by atoms with Crippen LogP contribution in [0.15, 0.2) is 29.2 Å². The van der Waals surface area contributed by atoms with Crippen LogP contribution in [-0.4, -0.2) is 61.5 Å². The molecule has 1 aliphatic rings. The van der Waals surface area contributed by atoms with Crippen LogP contribution in [0.3, 0.4) is 0 Å². The van der Waals surface area contributed by atoms with E-state index in [1.165, 1.54) is 28.8 Å². The molecule has 2 rings (SSSR count). The second-order valence-corrected chi connectivity index (χ2v) is 9.10. The predicted octanol–water partition coefficient (Wildman–Crippen LogP) is 1.07. The van der Waals surface area contributed by atoms with Gasteiger partial charge in [0.2, 0.25) is 11.8 Å². The van der Waals surface area contributed by atoms with Gasteiger partial charge in [-0.15, -0.1) is 11.8 Å². The molecule has 0 bridgehead atoms. The molecule has 1 aromatic rings. The van der Waals surface area contributed by atoms with E-state index in [2.05, 4.69) is 5.32 Å². The number of carbonyl (C=O) groups excluding carboxylic acids is 2. The molecular weight excluding hydrogens is 367 g/mol. The Morgan fingerprint density at radius 2 is 2.00 bits per heavy atom. The summed E-state index contributed by atoms with van der Waals surface area (Å²) in [7, 11) is -3.06. The summed E-state index contributed by atoms with van der Waals surface area (Å²) >= 11 is 1.27. The van der Waals surface area contributed by atoms with Crippen LogP contribution in [0.1, 0.15) is 13.3 Å². The van der Waals surface area contributed by atoms with Crippen LogP contribution < -0.4 is 5.32 Å². The fourth-order valence-electron chi connectivity index (χ4n) is 2.50. The van der Waals surface area contributed by atoms with Gasteiger partial charge in [0.05, 0.1) is 23.8 Å². The van der Waals surface area contributed by atoms with Crippen molar-refractivity contribution in [1.29, 1.82) is 0 Å². The van der Waals surface area contributed by atoms with Crippen molar-refractivity contribution in [3.63, 3.8) is 0 Å². The quantitative estimate of drug-likeness (QED) is 0.707. The van der Waals surface area contributed by atoms with Gasteiger partial charge in [-0.3, -0.25) is 9.59 Å². The van der Waals surface area contributed by atoms with Gasteiger partial charge in [0.1, 0.15) is 5.82 Å². The van der Waals surface area contributed by atoms with Crippen LogP contribution in [0.2, 0.25) is 0 Å². The summed E-state index contributed by atoms with van der Waals surface area (Å²) in [6.45, 7) is 2.04. The van der Waals surface area contributed by atoms with Gasteiger partial charge in [0.15, 0.2) is 9.84 Å². The van der Waals surface area contributed by atoms with E-state index < -0.39 is 9.84 Å². The molecule has 1 atom stereocenters. The minimum atomic E-state index is -3.06. The molecule has 25 heavy (non-hydrogen) atoms. The number of amides is 2. The van der Waals surface area contributed by atoms with Gasteiger partial charge >= 0.3 is 0 Å². The van der Waals surface area contributed by atoms with E-state index in [-0.39, 0.29) is 47.5 Å². The van der Waals surface area contributed by atoms with Crippen molar-refractivity contribution in [3.8, 4) is 0 Å². The summed E-state index contributed by atoms with van der Waals surface area (Å²) in [6.07, 6.45) is 0.411. The number of nitrogens with zero attached hydrogens (tertiary/aromatic N) is 1. The number of likely N-dealkylation sites (N-methyl/N-ethyl adjacent to an activating group) is 1. The number of halogens is 1. The molecule has 1 aromatic carbocycles. The SMILES string of the molecule is CCN(CC(=O)N[C@H]1CCS(=O)(=O)C1)C(=O)CSc1ccc(F)cc1. The number of hydrogen-bond donors (Lipinski definition) is 1. The first-order valence-electron chi connectivity index (χ1n) is 7.95. The molecule has 0 unspecified atom stereocenters. The summed E-state index contributed by atoms with van der Waals surface area (Å²) in [6, 6.07) is 5.47. The standard InChI is InChI=1S/C16H21FN2O4S2/c1-2-19(9-15(20)18-13-7-8-25(22,23)11-13)16(21)10-24-14-5-3-12(17)4-6-14/h3-6,13H,2,7-11H2,1H3,(H,18,20)/t13-/m0/s1. The number of carbonyl (C=O) groups is 2. The Balaban J connectivity index is 1.80. The van der Waals surface area contributed by atoms with Gasteiger partial charge in [-0.05, 0) is 37.6 Å². The third kappa shape index (κ3) is 6.32. The molecule has 1 N–H and O–H groups in total. The number of thioether (sulfide) groups is 1. The molecule has 0 aliphatic carbocycles. The molecule has 1 fully saturated rings. The molecule has 0 aromatic heterocycles. The fraction of sp³-hybridized carbons (Fsp3) is 0.500. The zero-order valence-corrected chi connectivity index (χ0v) is 15.5. The third-order valence-electron chi connectivity index (χ3n) is 3.84. The summed E-state index contributed by atoms with van der Waals surface area (Å²) in [4.78, 5) is 26.5. The maximum atomic E-state index is 12.9. The number of benzene rings is 1. The van der Waals surface area contributed by atoms with Gasteiger partial charge < -0.3 is 10.2 Å². The summed E-state index contributed by atoms with van der Waals surface area (Å²) in [5.74, 6) is -0.710. The molecule has 0 radical (unpaired) electrons. The molecule has 1 aliphatic heterocycles. The molecule has 1 saturated heterocycles. The Hall–Kier alpha value is -1.61. The Labute approximate surface area is 151 Å². The van der Waals surface area contributed by atoms with E-state index in [4.69, 9.17) is 0 Å². The maximum absolute atomic E-state index is 12.9. The average Bonchev–Trinajstić information content (AvgIpc) is 2.90. The van der Waals surface area contributed by atoms with Crippen molar-refractivity contribution in [1.82, 2.24) is 10.2 Å². The van der Waals surface area contributed by atoms with Gasteiger partial charge in [0.25, 0.3) is 0 Å². The number of nitrogens with one attached hydrogen (secondary N) is 1. The Bertz CT molecular complexity index is 722. The first-order valence-corrected chi connectivity index (χ1v) is 10.8. The lowest BCUT2D eigenvalue weighted by Gasteiger charge is -2.21. The fourth-order valence-corrected chi connectivity index (χ4v) is 4.97. The Kier molecular flexibility index (Phi) is 6.83. The molecule has 9 heteroatoms. The van der Waals surface area contributed by atoms with Crippen molar-refractivity contribution in [2.75, 3.05) is 30.3 Å². The first kappa shape index (κ1) is 19.7.